The highest BCUT2D eigenvalue weighted by atomic mass is 19.4. The van der Waals surface area contributed by atoms with E-state index in [-0.39, 0.29) is 23.8 Å². The van der Waals surface area contributed by atoms with Gasteiger partial charge in [0.2, 0.25) is 0 Å². The summed E-state index contributed by atoms with van der Waals surface area (Å²) in [5.74, 6) is -3.06. The van der Waals surface area contributed by atoms with Gasteiger partial charge in [-0.2, -0.15) is 5.10 Å². The number of rotatable bonds is 7. The van der Waals surface area contributed by atoms with Gasteiger partial charge in [0.1, 0.15) is 23.7 Å². The Hall–Kier alpha value is -4.00. The molecule has 0 radical (unpaired) electrons. The lowest BCUT2D eigenvalue weighted by molar-refractivity contribution is -0.274. The molecular formula is C22H18F5N5O3. The quantitative estimate of drug-likeness (QED) is 0.339. The molecule has 0 saturated carbocycles. The Morgan fingerprint density at radius 3 is 2.49 bits per heavy atom. The average Bonchev–Trinajstić information content (AvgIpc) is 3.22. The van der Waals surface area contributed by atoms with Gasteiger partial charge in [0.25, 0.3) is 0 Å². The molecule has 2 aromatic carbocycles. The van der Waals surface area contributed by atoms with Gasteiger partial charge < -0.3 is 19.5 Å². The van der Waals surface area contributed by atoms with Crippen molar-refractivity contribution in [1.82, 2.24) is 20.2 Å². The van der Waals surface area contributed by atoms with Gasteiger partial charge in [-0.1, -0.05) is 0 Å². The Bertz CT molecular complexity index is 1350. The molecule has 0 aliphatic heterocycles. The Morgan fingerprint density at radius 1 is 1.03 bits per heavy atom. The van der Waals surface area contributed by atoms with Crippen molar-refractivity contribution in [2.24, 2.45) is 0 Å². The summed E-state index contributed by atoms with van der Waals surface area (Å²) in [6, 6.07) is 5.92. The van der Waals surface area contributed by atoms with Gasteiger partial charge in [-0.15, -0.1) is 13.2 Å². The van der Waals surface area contributed by atoms with Crippen molar-refractivity contribution in [2.75, 3.05) is 11.4 Å². The van der Waals surface area contributed by atoms with Crippen LogP contribution in [0.4, 0.5) is 33.5 Å². The lowest BCUT2D eigenvalue weighted by Crippen LogP contribution is -2.37. The summed E-state index contributed by atoms with van der Waals surface area (Å²) in [4.78, 5) is 9.51. The standard InChI is InChI=1S/C22H18F5N5O3/c1-21(2,33)10-32(20-14-9-30-31-19(14)28-11-29-20)16-5-4-13(8-18(16)35-22(25,26)27)34-17-6-3-12(23)7-15(17)24/h3-9,11,33H,10H2,1-2H3,(H,28,29,30,31). The molecule has 4 aromatic rings. The van der Waals surface area contributed by atoms with Crippen molar-refractivity contribution in [2.45, 2.75) is 25.8 Å². The van der Waals surface area contributed by atoms with E-state index in [0.29, 0.717) is 17.1 Å². The van der Waals surface area contributed by atoms with Gasteiger partial charge in [-0.05, 0) is 38.1 Å². The molecule has 0 amide bonds. The van der Waals surface area contributed by atoms with Crippen molar-refractivity contribution in [3.63, 3.8) is 0 Å². The second kappa shape index (κ2) is 8.98. The maximum absolute atomic E-state index is 14.0. The third kappa shape index (κ3) is 5.74. The number of aromatic amines is 1. The number of halogens is 5. The van der Waals surface area contributed by atoms with E-state index in [4.69, 9.17) is 4.74 Å². The summed E-state index contributed by atoms with van der Waals surface area (Å²) in [6.07, 6.45) is -2.51. The van der Waals surface area contributed by atoms with Gasteiger partial charge in [0, 0.05) is 12.1 Å². The number of benzene rings is 2. The number of anilines is 2. The second-order valence-corrected chi connectivity index (χ2v) is 8.08. The molecule has 8 nitrogen and oxygen atoms in total. The minimum atomic E-state index is -5.09. The molecule has 0 aliphatic rings. The molecule has 0 aliphatic carbocycles. The number of ether oxygens (including phenoxy) is 2. The molecule has 184 valence electrons. The van der Waals surface area contributed by atoms with Crippen LogP contribution in [0, 0.1) is 11.6 Å². The third-order valence-corrected chi connectivity index (χ3v) is 4.60. The number of nitrogens with one attached hydrogen (secondary N) is 1. The summed E-state index contributed by atoms with van der Waals surface area (Å²) in [6.45, 7) is 2.73. The normalized spacial score (nSPS) is 12.1. The first-order valence-corrected chi connectivity index (χ1v) is 10.1. The Labute approximate surface area is 194 Å². The van der Waals surface area contributed by atoms with Crippen molar-refractivity contribution >= 4 is 22.5 Å². The van der Waals surface area contributed by atoms with Crippen LogP contribution in [-0.4, -0.2) is 43.8 Å². The van der Waals surface area contributed by atoms with Crippen molar-refractivity contribution in [3.05, 3.63) is 60.6 Å². The summed E-state index contributed by atoms with van der Waals surface area (Å²) >= 11 is 0. The van der Waals surface area contributed by atoms with Crippen LogP contribution < -0.4 is 14.4 Å². The fourth-order valence-electron chi connectivity index (χ4n) is 3.30. The molecule has 2 aromatic heterocycles. The second-order valence-electron chi connectivity index (χ2n) is 8.08. The van der Waals surface area contributed by atoms with Crippen molar-refractivity contribution < 1.29 is 36.5 Å². The highest BCUT2D eigenvalue weighted by Gasteiger charge is 2.34. The van der Waals surface area contributed by atoms with Gasteiger partial charge in [-0.3, -0.25) is 5.10 Å². The molecule has 35 heavy (non-hydrogen) atoms. The molecule has 2 heterocycles. The topological polar surface area (TPSA) is 96.4 Å². The van der Waals surface area contributed by atoms with E-state index in [2.05, 4.69) is 24.9 Å². The number of alkyl halides is 3. The third-order valence-electron chi connectivity index (χ3n) is 4.60. The lowest BCUT2D eigenvalue weighted by Gasteiger charge is -2.31. The van der Waals surface area contributed by atoms with Gasteiger partial charge in [0.05, 0.1) is 29.4 Å². The van der Waals surface area contributed by atoms with Crippen LogP contribution in [0.5, 0.6) is 17.2 Å². The predicted octanol–water partition coefficient (Wildman–Crippen LogP) is 5.23. The zero-order valence-electron chi connectivity index (χ0n) is 18.3. The molecule has 0 atom stereocenters. The smallest absolute Gasteiger partial charge is 0.454 e. The van der Waals surface area contributed by atoms with Crippen molar-refractivity contribution in [1.29, 1.82) is 0 Å². The minimum Gasteiger partial charge on any atom is -0.454 e. The molecule has 0 saturated heterocycles. The summed E-state index contributed by atoms with van der Waals surface area (Å²) < 4.78 is 76.7. The van der Waals surface area contributed by atoms with Crippen LogP contribution in [-0.2, 0) is 0 Å². The monoisotopic (exact) mass is 495 g/mol. The molecule has 0 unspecified atom stereocenters. The zero-order chi connectivity index (χ0) is 25.4. The van der Waals surface area contributed by atoms with Gasteiger partial charge in [-0.25, -0.2) is 18.7 Å². The van der Waals surface area contributed by atoms with Crippen molar-refractivity contribution in [3.8, 4) is 17.2 Å². The van der Waals surface area contributed by atoms with E-state index in [1.807, 2.05) is 0 Å². The van der Waals surface area contributed by atoms with E-state index in [0.717, 1.165) is 18.2 Å². The largest absolute Gasteiger partial charge is 0.573 e. The van der Waals surface area contributed by atoms with Crippen LogP contribution in [0.1, 0.15) is 13.8 Å². The van der Waals surface area contributed by atoms with Crippen LogP contribution in [0.3, 0.4) is 0 Å². The first-order valence-electron chi connectivity index (χ1n) is 10.1. The number of aromatic nitrogens is 4. The van der Waals surface area contributed by atoms with E-state index in [9.17, 15) is 27.1 Å². The highest BCUT2D eigenvalue weighted by molar-refractivity contribution is 5.89. The van der Waals surface area contributed by atoms with Crippen LogP contribution in [0.15, 0.2) is 48.9 Å². The zero-order valence-corrected chi connectivity index (χ0v) is 18.3. The molecule has 0 bridgehead atoms. The number of nitrogens with zero attached hydrogens (tertiary/aromatic N) is 4. The molecule has 0 fully saturated rings. The molecule has 13 heteroatoms. The van der Waals surface area contributed by atoms with E-state index < -0.39 is 35.1 Å². The van der Waals surface area contributed by atoms with Crippen LogP contribution in [0.25, 0.3) is 11.0 Å². The van der Waals surface area contributed by atoms with Gasteiger partial charge >= 0.3 is 6.36 Å². The van der Waals surface area contributed by atoms with E-state index >= 15 is 0 Å². The predicted molar refractivity (Wildman–Crippen MR) is 115 cm³/mol. The Kier molecular flexibility index (Phi) is 6.19. The molecule has 2 N–H and O–H groups in total. The maximum atomic E-state index is 14.0. The summed E-state index contributed by atoms with van der Waals surface area (Å²) in [5.41, 5.74) is -1.19. The highest BCUT2D eigenvalue weighted by Crippen LogP contribution is 2.41. The Balaban J connectivity index is 1.83. The number of hydrogen-bond donors (Lipinski definition) is 2. The number of aliphatic hydroxyl groups is 1. The number of hydrogen-bond acceptors (Lipinski definition) is 7. The van der Waals surface area contributed by atoms with E-state index in [1.165, 1.54) is 43.4 Å². The fraction of sp³-hybridized carbons (Fsp3) is 0.227. The number of fused-ring (bicyclic) bond motifs is 1. The summed E-state index contributed by atoms with van der Waals surface area (Å²) in [5, 5.41) is 17.4. The minimum absolute atomic E-state index is 0.127. The fourth-order valence-corrected chi connectivity index (χ4v) is 3.30. The van der Waals surface area contributed by atoms with Crippen LogP contribution >= 0.6 is 0 Å². The average molecular weight is 495 g/mol. The van der Waals surface area contributed by atoms with E-state index in [1.54, 1.807) is 0 Å². The number of H-pyrrole nitrogens is 1. The molecule has 4 rings (SSSR count). The SMILES string of the molecule is CC(C)(O)CN(c1ccc(Oc2ccc(F)cc2F)cc1OC(F)(F)F)c1ncnc2[nH]ncc12. The first kappa shape index (κ1) is 24.1. The first-order chi connectivity index (χ1) is 16.4. The van der Waals surface area contributed by atoms with Gasteiger partial charge in [0.15, 0.2) is 23.0 Å². The molecular weight excluding hydrogens is 477 g/mol. The maximum Gasteiger partial charge on any atom is 0.573 e. The van der Waals surface area contributed by atoms with Crippen LogP contribution in [0.2, 0.25) is 0 Å². The Morgan fingerprint density at radius 2 is 1.80 bits per heavy atom. The lowest BCUT2D eigenvalue weighted by atomic mass is 10.1. The summed E-state index contributed by atoms with van der Waals surface area (Å²) in [7, 11) is 0. The molecule has 0 spiro atoms.